The molecule has 2 aliphatic heterocycles. The van der Waals surface area contributed by atoms with Gasteiger partial charge in [-0.2, -0.15) is 0 Å². The molecule has 3 rings (SSSR count). The highest BCUT2D eigenvalue weighted by molar-refractivity contribution is 5.90. The Morgan fingerprint density at radius 3 is 2.76 bits per heavy atom. The quantitative estimate of drug-likeness (QED) is 0.890. The zero-order valence-corrected chi connectivity index (χ0v) is 15.3. The molecule has 2 aliphatic rings. The molecule has 1 atom stereocenters. The van der Waals surface area contributed by atoms with E-state index in [1.165, 1.54) is 6.42 Å². The van der Waals surface area contributed by atoms with Gasteiger partial charge < -0.3 is 19.7 Å². The minimum absolute atomic E-state index is 0.0240. The fourth-order valence-electron chi connectivity index (χ4n) is 3.44. The molecule has 0 unspecified atom stereocenters. The molecule has 1 aromatic carbocycles. The molecule has 25 heavy (non-hydrogen) atoms. The summed E-state index contributed by atoms with van der Waals surface area (Å²) >= 11 is 0. The van der Waals surface area contributed by atoms with Crippen molar-refractivity contribution in [3.8, 4) is 5.75 Å². The Labute approximate surface area is 150 Å². The second-order valence-corrected chi connectivity index (χ2v) is 6.76. The second kappa shape index (κ2) is 8.54. The van der Waals surface area contributed by atoms with Crippen LogP contribution in [0, 0.1) is 6.92 Å². The molecule has 1 N–H and O–H groups in total. The monoisotopic (exact) mass is 347 g/mol. The zero-order valence-electron chi connectivity index (χ0n) is 15.3. The largest absolute Gasteiger partial charge is 0.494 e. The molecular weight excluding hydrogens is 318 g/mol. The minimum atomic E-state index is -0.0240. The van der Waals surface area contributed by atoms with E-state index < -0.39 is 0 Å². The molecule has 2 amide bonds. The number of rotatable bonds is 5. The third kappa shape index (κ3) is 4.86. The lowest BCUT2D eigenvalue weighted by Crippen LogP contribution is -2.51. The number of hydrogen-bond acceptors (Lipinski definition) is 4. The number of benzene rings is 1. The third-order valence-electron chi connectivity index (χ3n) is 4.90. The summed E-state index contributed by atoms with van der Waals surface area (Å²) in [6, 6.07) is 5.74. The molecule has 0 spiro atoms. The van der Waals surface area contributed by atoms with E-state index in [2.05, 4.69) is 10.2 Å². The average Bonchev–Trinajstić information content (AvgIpc) is 3.11. The minimum Gasteiger partial charge on any atom is -0.494 e. The molecule has 2 saturated heterocycles. The van der Waals surface area contributed by atoms with E-state index in [1.54, 1.807) is 0 Å². The summed E-state index contributed by atoms with van der Waals surface area (Å²) in [7, 11) is 0. The number of amides is 2. The lowest BCUT2D eigenvalue weighted by atomic mass is 10.2. The number of carbonyl (C=O) groups is 1. The van der Waals surface area contributed by atoms with Gasteiger partial charge in [0.05, 0.1) is 12.7 Å². The van der Waals surface area contributed by atoms with Crippen LogP contribution >= 0.6 is 0 Å². The van der Waals surface area contributed by atoms with E-state index in [-0.39, 0.29) is 6.03 Å². The molecule has 1 aromatic rings. The standard InChI is InChI=1S/C19H29N3O3/c1-3-24-16-6-7-18(15(2)13-16)20-19(23)22-10-8-21(9-11-22)14-17-5-4-12-25-17/h6-7,13,17H,3-5,8-12,14H2,1-2H3,(H,20,23)/t17-/m1/s1. The summed E-state index contributed by atoms with van der Waals surface area (Å²) in [5.74, 6) is 0.834. The molecule has 6 heteroatoms. The van der Waals surface area contributed by atoms with Crippen LogP contribution in [0.3, 0.4) is 0 Å². The summed E-state index contributed by atoms with van der Waals surface area (Å²) in [4.78, 5) is 16.8. The highest BCUT2D eigenvalue weighted by Crippen LogP contribution is 2.22. The lowest BCUT2D eigenvalue weighted by molar-refractivity contribution is 0.0572. The van der Waals surface area contributed by atoms with Gasteiger partial charge in [-0.3, -0.25) is 4.90 Å². The Hall–Kier alpha value is -1.79. The van der Waals surface area contributed by atoms with Gasteiger partial charge in [0.1, 0.15) is 5.75 Å². The van der Waals surface area contributed by atoms with Crippen molar-refractivity contribution < 1.29 is 14.3 Å². The van der Waals surface area contributed by atoms with Gasteiger partial charge in [0.2, 0.25) is 0 Å². The number of aryl methyl sites for hydroxylation is 1. The number of hydrogen-bond donors (Lipinski definition) is 1. The summed E-state index contributed by atoms with van der Waals surface area (Å²) in [5.41, 5.74) is 1.85. The molecule has 0 aliphatic carbocycles. The number of ether oxygens (including phenoxy) is 2. The van der Waals surface area contributed by atoms with Gasteiger partial charge in [-0.05, 0) is 50.5 Å². The van der Waals surface area contributed by atoms with Gasteiger partial charge in [0.25, 0.3) is 0 Å². The third-order valence-corrected chi connectivity index (χ3v) is 4.90. The maximum absolute atomic E-state index is 12.5. The van der Waals surface area contributed by atoms with Crippen molar-refractivity contribution in [1.82, 2.24) is 9.80 Å². The fraction of sp³-hybridized carbons (Fsp3) is 0.632. The van der Waals surface area contributed by atoms with E-state index in [0.29, 0.717) is 12.7 Å². The number of piperazine rings is 1. The number of carbonyl (C=O) groups excluding carboxylic acids is 1. The van der Waals surface area contributed by atoms with Crippen molar-refractivity contribution in [3.63, 3.8) is 0 Å². The van der Waals surface area contributed by atoms with Gasteiger partial charge in [0.15, 0.2) is 0 Å². The van der Waals surface area contributed by atoms with Crippen LogP contribution in [0.15, 0.2) is 18.2 Å². The van der Waals surface area contributed by atoms with E-state index in [9.17, 15) is 4.79 Å². The van der Waals surface area contributed by atoms with Crippen molar-refractivity contribution >= 4 is 11.7 Å². The Morgan fingerprint density at radius 2 is 2.12 bits per heavy atom. The molecule has 0 radical (unpaired) electrons. The Kier molecular flexibility index (Phi) is 6.15. The molecule has 2 fully saturated rings. The number of urea groups is 1. The van der Waals surface area contributed by atoms with Crippen LogP contribution in [-0.4, -0.2) is 67.9 Å². The Morgan fingerprint density at radius 1 is 1.32 bits per heavy atom. The van der Waals surface area contributed by atoms with E-state index >= 15 is 0 Å². The Bertz CT molecular complexity index is 579. The predicted octanol–water partition coefficient (Wildman–Crippen LogP) is 2.72. The maximum atomic E-state index is 12.5. The molecule has 0 aromatic heterocycles. The maximum Gasteiger partial charge on any atom is 0.321 e. The average molecular weight is 347 g/mol. The lowest BCUT2D eigenvalue weighted by Gasteiger charge is -2.35. The first-order valence-corrected chi connectivity index (χ1v) is 9.29. The van der Waals surface area contributed by atoms with Gasteiger partial charge in [-0.25, -0.2) is 4.79 Å². The van der Waals surface area contributed by atoms with Crippen molar-refractivity contribution in [2.45, 2.75) is 32.8 Å². The molecule has 138 valence electrons. The van der Waals surface area contributed by atoms with Crippen LogP contribution in [0.1, 0.15) is 25.3 Å². The van der Waals surface area contributed by atoms with Crippen molar-refractivity contribution in [2.75, 3.05) is 51.3 Å². The molecule has 2 heterocycles. The smallest absolute Gasteiger partial charge is 0.321 e. The van der Waals surface area contributed by atoms with Crippen LogP contribution in [0.5, 0.6) is 5.75 Å². The SMILES string of the molecule is CCOc1ccc(NC(=O)N2CCN(C[C@H]3CCCO3)CC2)c(C)c1. The van der Waals surface area contributed by atoms with Gasteiger partial charge in [-0.15, -0.1) is 0 Å². The summed E-state index contributed by atoms with van der Waals surface area (Å²) in [6.45, 7) is 9.82. The van der Waals surface area contributed by atoms with E-state index in [4.69, 9.17) is 9.47 Å². The fourth-order valence-corrected chi connectivity index (χ4v) is 3.44. The van der Waals surface area contributed by atoms with Gasteiger partial charge in [-0.1, -0.05) is 0 Å². The van der Waals surface area contributed by atoms with Crippen molar-refractivity contribution in [1.29, 1.82) is 0 Å². The first-order chi connectivity index (χ1) is 12.2. The van der Waals surface area contributed by atoms with Crippen molar-refractivity contribution in [2.24, 2.45) is 0 Å². The first kappa shape index (κ1) is 18.0. The van der Waals surface area contributed by atoms with Gasteiger partial charge >= 0.3 is 6.03 Å². The molecule has 0 saturated carbocycles. The summed E-state index contributed by atoms with van der Waals surface area (Å²) < 4.78 is 11.2. The predicted molar refractivity (Wildman–Crippen MR) is 98.4 cm³/mol. The first-order valence-electron chi connectivity index (χ1n) is 9.29. The summed E-state index contributed by atoms with van der Waals surface area (Å²) in [5, 5.41) is 3.03. The normalized spacial score (nSPS) is 21.4. The van der Waals surface area contributed by atoms with Gasteiger partial charge in [0, 0.05) is 45.0 Å². The topological polar surface area (TPSA) is 54.0 Å². The van der Waals surface area contributed by atoms with E-state index in [0.717, 1.165) is 62.8 Å². The highest BCUT2D eigenvalue weighted by atomic mass is 16.5. The van der Waals surface area contributed by atoms with Crippen molar-refractivity contribution in [3.05, 3.63) is 23.8 Å². The summed E-state index contributed by atoms with van der Waals surface area (Å²) in [6.07, 6.45) is 2.72. The van der Waals surface area contributed by atoms with E-state index in [1.807, 2.05) is 36.9 Å². The number of anilines is 1. The van der Waals surface area contributed by atoms with Crippen LogP contribution < -0.4 is 10.1 Å². The van der Waals surface area contributed by atoms with Crippen LogP contribution in [0.4, 0.5) is 10.5 Å². The number of nitrogens with zero attached hydrogens (tertiary/aromatic N) is 2. The number of nitrogens with one attached hydrogen (secondary N) is 1. The van der Waals surface area contributed by atoms with Crippen LogP contribution in [0.2, 0.25) is 0 Å². The Balaban J connectivity index is 1.47. The zero-order chi connectivity index (χ0) is 17.6. The molecular formula is C19H29N3O3. The molecule has 6 nitrogen and oxygen atoms in total. The van der Waals surface area contributed by atoms with Crippen LogP contribution in [-0.2, 0) is 4.74 Å². The highest BCUT2D eigenvalue weighted by Gasteiger charge is 2.25. The second-order valence-electron chi connectivity index (χ2n) is 6.76. The molecule has 0 bridgehead atoms. The van der Waals surface area contributed by atoms with Crippen LogP contribution in [0.25, 0.3) is 0 Å².